The minimum absolute atomic E-state index is 0.00124. The van der Waals surface area contributed by atoms with Gasteiger partial charge in [-0.15, -0.1) is 0 Å². The van der Waals surface area contributed by atoms with E-state index in [0.29, 0.717) is 19.8 Å². The zero-order chi connectivity index (χ0) is 17.4. The van der Waals surface area contributed by atoms with Crippen LogP contribution in [0.25, 0.3) is 0 Å². The van der Waals surface area contributed by atoms with Gasteiger partial charge in [0.05, 0.1) is 19.3 Å². The normalized spacial score (nSPS) is 16.4. The molecule has 6 heteroatoms. The highest BCUT2D eigenvalue weighted by Crippen LogP contribution is 2.31. The average molecular weight is 335 g/mol. The first-order chi connectivity index (χ1) is 11.6. The van der Waals surface area contributed by atoms with Gasteiger partial charge in [-0.25, -0.2) is 4.79 Å². The molecule has 0 radical (unpaired) electrons. The number of hydrogen-bond donors (Lipinski definition) is 1. The molecule has 24 heavy (non-hydrogen) atoms. The topological polar surface area (TPSA) is 54.0 Å². The summed E-state index contributed by atoms with van der Waals surface area (Å²) in [7, 11) is 5.74. The number of para-hydroxylation sites is 1. The number of carbonyl (C=O) groups is 1. The van der Waals surface area contributed by atoms with E-state index in [-0.39, 0.29) is 12.1 Å². The van der Waals surface area contributed by atoms with E-state index in [1.807, 2.05) is 43.3 Å². The summed E-state index contributed by atoms with van der Waals surface area (Å²) < 4.78 is 10.8. The lowest BCUT2D eigenvalue weighted by molar-refractivity contribution is 0.143. The van der Waals surface area contributed by atoms with Gasteiger partial charge in [0.15, 0.2) is 0 Å². The number of hydrogen-bond acceptors (Lipinski definition) is 4. The minimum Gasteiger partial charge on any atom is -0.493 e. The molecule has 1 heterocycles. The summed E-state index contributed by atoms with van der Waals surface area (Å²) in [5.74, 6) is 0.866. The fourth-order valence-corrected chi connectivity index (χ4v) is 2.83. The fourth-order valence-electron chi connectivity index (χ4n) is 2.83. The predicted molar refractivity (Wildman–Crippen MR) is 94.4 cm³/mol. The van der Waals surface area contributed by atoms with Gasteiger partial charge in [0.1, 0.15) is 5.75 Å². The van der Waals surface area contributed by atoms with Crippen LogP contribution in [0.4, 0.5) is 4.79 Å². The first kappa shape index (κ1) is 18.5. The van der Waals surface area contributed by atoms with E-state index in [9.17, 15) is 4.79 Å². The highest BCUT2D eigenvalue weighted by molar-refractivity contribution is 5.75. The largest absolute Gasteiger partial charge is 0.493 e. The molecule has 0 fully saturated rings. The summed E-state index contributed by atoms with van der Waals surface area (Å²) >= 11 is 0. The Morgan fingerprint density at radius 2 is 2.08 bits per heavy atom. The van der Waals surface area contributed by atoms with Crippen molar-refractivity contribution in [1.82, 2.24) is 15.1 Å². The van der Waals surface area contributed by atoms with E-state index in [0.717, 1.165) is 37.2 Å². The number of carbonyl (C=O) groups excluding carboxylic acids is 1. The number of fused-ring (bicyclic) bond motifs is 1. The van der Waals surface area contributed by atoms with Crippen LogP contribution in [-0.2, 0) is 4.74 Å². The predicted octanol–water partition coefficient (Wildman–Crippen LogP) is 2.12. The Labute approximate surface area is 144 Å². The smallest absolute Gasteiger partial charge is 0.317 e. The van der Waals surface area contributed by atoms with Crippen LogP contribution in [0.2, 0.25) is 0 Å². The van der Waals surface area contributed by atoms with Gasteiger partial charge in [-0.2, -0.15) is 0 Å². The molecule has 0 saturated carbocycles. The summed E-state index contributed by atoms with van der Waals surface area (Å²) in [6.45, 7) is 3.44. The van der Waals surface area contributed by atoms with Crippen molar-refractivity contribution in [3.05, 3.63) is 29.8 Å². The Kier molecular flexibility index (Phi) is 7.34. The molecule has 0 spiro atoms. The monoisotopic (exact) mass is 335 g/mol. The van der Waals surface area contributed by atoms with E-state index in [2.05, 4.69) is 10.2 Å². The maximum Gasteiger partial charge on any atom is 0.317 e. The van der Waals surface area contributed by atoms with Gasteiger partial charge >= 0.3 is 6.03 Å². The first-order valence-corrected chi connectivity index (χ1v) is 8.52. The zero-order valence-corrected chi connectivity index (χ0v) is 15.0. The minimum atomic E-state index is -0.0347. The third-order valence-corrected chi connectivity index (χ3v) is 4.14. The molecule has 1 aliphatic rings. The van der Waals surface area contributed by atoms with E-state index in [1.165, 1.54) is 0 Å². The maximum absolute atomic E-state index is 12.7. The second kappa shape index (κ2) is 9.49. The summed E-state index contributed by atoms with van der Waals surface area (Å²) in [5, 5.41) is 3.16. The Morgan fingerprint density at radius 3 is 2.83 bits per heavy atom. The quantitative estimate of drug-likeness (QED) is 0.791. The zero-order valence-electron chi connectivity index (χ0n) is 15.0. The number of nitrogens with one attached hydrogen (secondary N) is 1. The molecule has 1 aromatic carbocycles. The number of methoxy groups -OCH3 is 1. The molecule has 6 nitrogen and oxygen atoms in total. The first-order valence-electron chi connectivity index (χ1n) is 8.52. The van der Waals surface area contributed by atoms with E-state index in [4.69, 9.17) is 9.47 Å². The lowest BCUT2D eigenvalue weighted by atomic mass is 10.0. The maximum atomic E-state index is 12.7. The van der Waals surface area contributed by atoms with Crippen molar-refractivity contribution in [2.24, 2.45) is 0 Å². The molecule has 1 atom stereocenters. The standard InChI is InChI=1S/C18H29N3O3/c1-20(2)10-6-11-21(12-14-23-3)18(22)19-16-9-13-24-17-8-5-4-7-15(16)17/h4-5,7-8,16H,6,9-14H2,1-3H3,(H,19,22)/t16-/m1/s1. The second-order valence-electron chi connectivity index (χ2n) is 6.31. The van der Waals surface area contributed by atoms with Gasteiger partial charge in [0.2, 0.25) is 0 Å². The van der Waals surface area contributed by atoms with Crippen LogP contribution in [0, 0.1) is 0 Å². The molecular weight excluding hydrogens is 306 g/mol. The van der Waals surface area contributed by atoms with Crippen molar-refractivity contribution in [3.8, 4) is 5.75 Å². The van der Waals surface area contributed by atoms with Gasteiger partial charge in [-0.05, 0) is 33.1 Å². The van der Waals surface area contributed by atoms with Crippen molar-refractivity contribution in [2.45, 2.75) is 18.9 Å². The molecule has 0 saturated heterocycles. The molecule has 0 aliphatic carbocycles. The number of urea groups is 1. The molecule has 134 valence electrons. The molecule has 0 aromatic heterocycles. The van der Waals surface area contributed by atoms with Crippen LogP contribution < -0.4 is 10.1 Å². The number of benzene rings is 1. The van der Waals surface area contributed by atoms with Gasteiger partial charge in [-0.3, -0.25) is 0 Å². The number of amides is 2. The molecule has 0 unspecified atom stereocenters. The van der Waals surface area contributed by atoms with Crippen molar-refractivity contribution in [2.75, 3.05) is 54.1 Å². The Hall–Kier alpha value is -1.79. The van der Waals surface area contributed by atoms with Crippen LogP contribution in [0.1, 0.15) is 24.4 Å². The van der Waals surface area contributed by atoms with Crippen molar-refractivity contribution >= 4 is 6.03 Å². The molecule has 2 amide bonds. The molecular formula is C18H29N3O3. The van der Waals surface area contributed by atoms with E-state index < -0.39 is 0 Å². The van der Waals surface area contributed by atoms with Crippen LogP contribution in [0.15, 0.2) is 24.3 Å². The summed E-state index contributed by atoms with van der Waals surface area (Å²) in [6, 6.07) is 7.87. The lowest BCUT2D eigenvalue weighted by Gasteiger charge is -2.30. The SMILES string of the molecule is COCCN(CCCN(C)C)C(=O)N[C@@H]1CCOc2ccccc21. The summed E-state index contributed by atoms with van der Waals surface area (Å²) in [6.07, 6.45) is 1.73. The third kappa shape index (κ3) is 5.39. The number of rotatable bonds is 8. The summed E-state index contributed by atoms with van der Waals surface area (Å²) in [5.41, 5.74) is 1.05. The molecule has 1 aromatic rings. The highest BCUT2D eigenvalue weighted by Gasteiger charge is 2.24. The van der Waals surface area contributed by atoms with Crippen molar-refractivity contribution < 1.29 is 14.3 Å². The summed E-state index contributed by atoms with van der Waals surface area (Å²) in [4.78, 5) is 16.7. The van der Waals surface area contributed by atoms with Crippen LogP contribution in [0.5, 0.6) is 5.75 Å². The fraction of sp³-hybridized carbons (Fsp3) is 0.611. The van der Waals surface area contributed by atoms with Crippen LogP contribution in [0.3, 0.4) is 0 Å². The van der Waals surface area contributed by atoms with Gasteiger partial charge in [0, 0.05) is 32.2 Å². The second-order valence-corrected chi connectivity index (χ2v) is 6.31. The molecule has 1 N–H and O–H groups in total. The number of nitrogens with zero attached hydrogens (tertiary/aromatic N) is 2. The van der Waals surface area contributed by atoms with Gasteiger partial charge in [0.25, 0.3) is 0 Å². The number of ether oxygens (including phenoxy) is 2. The van der Waals surface area contributed by atoms with Crippen molar-refractivity contribution in [1.29, 1.82) is 0 Å². The van der Waals surface area contributed by atoms with Gasteiger partial charge < -0.3 is 24.6 Å². The van der Waals surface area contributed by atoms with E-state index >= 15 is 0 Å². The third-order valence-electron chi connectivity index (χ3n) is 4.14. The Balaban J connectivity index is 1.96. The van der Waals surface area contributed by atoms with E-state index in [1.54, 1.807) is 7.11 Å². The highest BCUT2D eigenvalue weighted by atomic mass is 16.5. The lowest BCUT2D eigenvalue weighted by Crippen LogP contribution is -2.45. The van der Waals surface area contributed by atoms with Crippen LogP contribution >= 0.6 is 0 Å². The van der Waals surface area contributed by atoms with Crippen LogP contribution in [-0.4, -0.2) is 69.9 Å². The molecule has 2 rings (SSSR count). The van der Waals surface area contributed by atoms with Crippen molar-refractivity contribution in [3.63, 3.8) is 0 Å². The molecule has 0 bridgehead atoms. The molecule has 1 aliphatic heterocycles. The Morgan fingerprint density at radius 1 is 1.29 bits per heavy atom. The average Bonchev–Trinajstić information content (AvgIpc) is 2.58. The van der Waals surface area contributed by atoms with Gasteiger partial charge in [-0.1, -0.05) is 18.2 Å². The Bertz CT molecular complexity index is 522.